The van der Waals surface area contributed by atoms with Crippen LogP contribution in [0.4, 0.5) is 4.39 Å². The van der Waals surface area contributed by atoms with Gasteiger partial charge in [-0.2, -0.15) is 15.0 Å². The zero-order chi connectivity index (χ0) is 13.8. The van der Waals surface area contributed by atoms with Crippen molar-refractivity contribution in [1.82, 2.24) is 15.0 Å². The largest absolute Gasteiger partial charge is 0.465 e. The van der Waals surface area contributed by atoms with E-state index in [2.05, 4.69) is 26.1 Å². The van der Waals surface area contributed by atoms with Crippen LogP contribution >= 0.6 is 15.9 Å². The van der Waals surface area contributed by atoms with Gasteiger partial charge in [-0.1, -0.05) is 15.9 Å². The molecule has 5 nitrogen and oxygen atoms in total. The lowest BCUT2D eigenvalue weighted by atomic mass is 10.1. The number of esters is 1. The Hall–Kier alpha value is -1.76. The average molecular weight is 328 g/mol. The minimum atomic E-state index is -0.430. The number of hydrogen-bond acceptors (Lipinski definition) is 4. The summed E-state index contributed by atoms with van der Waals surface area (Å²) in [5.74, 6) is -0.835. The quantitative estimate of drug-likeness (QED) is 0.809. The number of rotatable bonds is 4. The van der Waals surface area contributed by atoms with Gasteiger partial charge in [0.25, 0.3) is 0 Å². The van der Waals surface area contributed by atoms with E-state index in [0.29, 0.717) is 22.3 Å². The Kier molecular flexibility index (Phi) is 4.26. The van der Waals surface area contributed by atoms with Crippen LogP contribution in [0, 0.1) is 5.82 Å². The van der Waals surface area contributed by atoms with Gasteiger partial charge in [0, 0.05) is 10.0 Å². The fraction of sp³-hybridized carbons (Fsp3) is 0.250. The summed E-state index contributed by atoms with van der Waals surface area (Å²) in [4.78, 5) is 12.4. The number of aromatic nitrogens is 3. The molecule has 0 saturated carbocycles. The zero-order valence-corrected chi connectivity index (χ0v) is 11.7. The first-order chi connectivity index (χ1) is 9.10. The SMILES string of the molecule is CCOC(=O)Cn1ncc(-c2ccc(Br)cc2F)n1. The molecule has 0 fully saturated rings. The van der Waals surface area contributed by atoms with Crippen LogP contribution in [0.15, 0.2) is 28.9 Å². The smallest absolute Gasteiger partial charge is 0.329 e. The lowest BCUT2D eigenvalue weighted by Gasteiger charge is -2.01. The first-order valence-corrected chi connectivity index (χ1v) is 6.40. The highest BCUT2D eigenvalue weighted by atomic mass is 79.9. The van der Waals surface area contributed by atoms with Crippen LogP contribution in [0.5, 0.6) is 0 Å². The second-order valence-corrected chi connectivity index (χ2v) is 4.61. The topological polar surface area (TPSA) is 57.0 Å². The van der Waals surface area contributed by atoms with Crippen LogP contribution in [0.2, 0.25) is 0 Å². The van der Waals surface area contributed by atoms with Gasteiger partial charge in [-0.25, -0.2) is 9.18 Å². The van der Waals surface area contributed by atoms with Gasteiger partial charge in [0.2, 0.25) is 0 Å². The first-order valence-electron chi connectivity index (χ1n) is 5.61. The molecular weight excluding hydrogens is 317 g/mol. The minimum Gasteiger partial charge on any atom is -0.465 e. The number of ether oxygens (including phenoxy) is 1. The molecule has 0 spiro atoms. The maximum absolute atomic E-state index is 13.7. The Bertz CT molecular complexity index is 600. The molecule has 0 aliphatic heterocycles. The third-order valence-corrected chi connectivity index (χ3v) is 2.81. The van der Waals surface area contributed by atoms with E-state index in [9.17, 15) is 9.18 Å². The number of carbonyl (C=O) groups excluding carboxylic acids is 1. The van der Waals surface area contributed by atoms with E-state index < -0.39 is 11.8 Å². The summed E-state index contributed by atoms with van der Waals surface area (Å²) >= 11 is 3.18. The second kappa shape index (κ2) is 5.92. The first kappa shape index (κ1) is 13.7. The molecule has 19 heavy (non-hydrogen) atoms. The van der Waals surface area contributed by atoms with Gasteiger partial charge < -0.3 is 4.74 Å². The van der Waals surface area contributed by atoms with Crippen LogP contribution in [0.25, 0.3) is 11.3 Å². The highest BCUT2D eigenvalue weighted by Gasteiger charge is 2.11. The summed E-state index contributed by atoms with van der Waals surface area (Å²) in [6.07, 6.45) is 1.41. The molecule has 100 valence electrons. The molecule has 0 atom stereocenters. The summed E-state index contributed by atoms with van der Waals surface area (Å²) in [6, 6.07) is 4.65. The Balaban J connectivity index is 2.18. The van der Waals surface area contributed by atoms with Gasteiger partial charge in [-0.15, -0.1) is 0 Å². The molecule has 0 bridgehead atoms. The van der Waals surface area contributed by atoms with Crippen LogP contribution in [-0.4, -0.2) is 27.6 Å². The summed E-state index contributed by atoms with van der Waals surface area (Å²) in [6.45, 7) is 1.93. The molecule has 2 rings (SSSR count). The number of benzene rings is 1. The van der Waals surface area contributed by atoms with E-state index in [-0.39, 0.29) is 6.54 Å². The molecule has 0 aliphatic carbocycles. The zero-order valence-electron chi connectivity index (χ0n) is 10.1. The molecule has 0 unspecified atom stereocenters. The van der Waals surface area contributed by atoms with Crippen molar-refractivity contribution in [2.45, 2.75) is 13.5 Å². The number of carbonyl (C=O) groups is 1. The van der Waals surface area contributed by atoms with Gasteiger partial charge in [0.05, 0.1) is 12.8 Å². The third kappa shape index (κ3) is 3.37. The van der Waals surface area contributed by atoms with Crippen molar-refractivity contribution in [1.29, 1.82) is 0 Å². The standard InChI is InChI=1S/C12H11BrFN3O2/c1-2-19-12(18)7-17-15-6-11(16-17)9-4-3-8(13)5-10(9)14/h3-6H,2,7H2,1H3. The van der Waals surface area contributed by atoms with E-state index in [1.165, 1.54) is 17.1 Å². The van der Waals surface area contributed by atoms with E-state index in [1.54, 1.807) is 19.1 Å². The minimum absolute atomic E-state index is 0.0913. The molecule has 1 aromatic heterocycles. The van der Waals surface area contributed by atoms with Crippen molar-refractivity contribution in [3.63, 3.8) is 0 Å². The lowest BCUT2D eigenvalue weighted by Crippen LogP contribution is -2.15. The second-order valence-electron chi connectivity index (χ2n) is 3.69. The van der Waals surface area contributed by atoms with E-state index in [4.69, 9.17) is 4.74 Å². The van der Waals surface area contributed by atoms with Crippen molar-refractivity contribution >= 4 is 21.9 Å². The molecule has 0 radical (unpaired) electrons. The third-order valence-electron chi connectivity index (χ3n) is 2.32. The molecule has 7 heteroatoms. The molecule has 2 aromatic rings. The summed E-state index contributed by atoms with van der Waals surface area (Å²) in [5, 5.41) is 7.95. The Morgan fingerprint density at radius 3 is 3.00 bits per heavy atom. The predicted octanol–water partition coefficient (Wildman–Crippen LogP) is 2.41. The predicted molar refractivity (Wildman–Crippen MR) is 69.7 cm³/mol. The van der Waals surface area contributed by atoms with Gasteiger partial charge >= 0.3 is 5.97 Å². The Morgan fingerprint density at radius 1 is 1.53 bits per heavy atom. The van der Waals surface area contributed by atoms with Crippen molar-refractivity contribution in [3.05, 3.63) is 34.7 Å². The monoisotopic (exact) mass is 327 g/mol. The van der Waals surface area contributed by atoms with Crippen molar-refractivity contribution in [2.24, 2.45) is 0 Å². The van der Waals surface area contributed by atoms with Gasteiger partial charge in [-0.05, 0) is 25.1 Å². The molecule has 0 amide bonds. The highest BCUT2D eigenvalue weighted by molar-refractivity contribution is 9.10. The summed E-state index contributed by atoms with van der Waals surface area (Å²) < 4.78 is 19.2. The molecular formula is C12H11BrFN3O2. The van der Waals surface area contributed by atoms with E-state index >= 15 is 0 Å². The average Bonchev–Trinajstić information content (AvgIpc) is 2.77. The van der Waals surface area contributed by atoms with Crippen LogP contribution < -0.4 is 0 Å². The summed E-state index contributed by atoms with van der Waals surface area (Å²) in [7, 11) is 0. The van der Waals surface area contributed by atoms with Crippen LogP contribution in [-0.2, 0) is 16.1 Å². The number of halogens is 2. The highest BCUT2D eigenvalue weighted by Crippen LogP contribution is 2.23. The van der Waals surface area contributed by atoms with Crippen LogP contribution in [0.1, 0.15) is 6.92 Å². The van der Waals surface area contributed by atoms with E-state index in [1.807, 2.05) is 0 Å². The lowest BCUT2D eigenvalue weighted by molar-refractivity contribution is -0.144. The fourth-order valence-electron chi connectivity index (χ4n) is 1.52. The molecule has 0 saturated heterocycles. The van der Waals surface area contributed by atoms with Crippen molar-refractivity contribution < 1.29 is 13.9 Å². The molecule has 1 heterocycles. The molecule has 0 aliphatic rings. The number of hydrogen-bond donors (Lipinski definition) is 0. The Labute approximate surface area is 117 Å². The molecule has 0 N–H and O–H groups in total. The van der Waals surface area contributed by atoms with E-state index in [0.717, 1.165) is 0 Å². The van der Waals surface area contributed by atoms with Crippen LogP contribution in [0.3, 0.4) is 0 Å². The van der Waals surface area contributed by atoms with Crippen molar-refractivity contribution in [2.75, 3.05) is 6.61 Å². The number of nitrogens with zero attached hydrogens (tertiary/aromatic N) is 3. The molecule has 1 aromatic carbocycles. The van der Waals surface area contributed by atoms with Gasteiger partial charge in [-0.3, -0.25) is 0 Å². The van der Waals surface area contributed by atoms with Gasteiger partial charge in [0.1, 0.15) is 11.5 Å². The maximum Gasteiger partial charge on any atom is 0.329 e. The van der Waals surface area contributed by atoms with Gasteiger partial charge in [0.15, 0.2) is 6.54 Å². The maximum atomic E-state index is 13.7. The fourth-order valence-corrected chi connectivity index (χ4v) is 1.85. The Morgan fingerprint density at radius 2 is 2.32 bits per heavy atom. The summed E-state index contributed by atoms with van der Waals surface area (Å²) in [5.41, 5.74) is 0.701. The van der Waals surface area contributed by atoms with Crippen molar-refractivity contribution in [3.8, 4) is 11.3 Å². The normalized spacial score (nSPS) is 10.5.